The normalized spacial score (nSPS) is 13.2. The Hall–Kier alpha value is -1.16. The first-order chi connectivity index (χ1) is 14.5. The summed E-state index contributed by atoms with van der Waals surface area (Å²) in [5, 5.41) is 42.0. The van der Waals surface area contributed by atoms with Crippen molar-refractivity contribution < 1.29 is 106 Å². The number of carboxylic acid groups (broad SMARTS) is 2. The molecule has 34 heavy (non-hydrogen) atoms. The predicted molar refractivity (Wildman–Crippen MR) is 108 cm³/mol. The molecule has 2 rings (SSSR count). The van der Waals surface area contributed by atoms with Crippen LogP contribution in [0.2, 0.25) is 0 Å². The first-order valence-electron chi connectivity index (χ1n) is 7.41. The fourth-order valence-corrected chi connectivity index (χ4v) is 3.63. The van der Waals surface area contributed by atoms with E-state index < -0.39 is 61.8 Å². The van der Waals surface area contributed by atoms with Gasteiger partial charge in [-0.3, -0.25) is 20.2 Å². The number of hydrogen-bond acceptors (Lipinski definition) is 12. The van der Waals surface area contributed by atoms with Crippen LogP contribution in [0.5, 0.6) is 0 Å². The van der Waals surface area contributed by atoms with Crippen LogP contribution in [-0.4, -0.2) is 39.3 Å². The third-order valence-electron chi connectivity index (χ3n) is 3.36. The molecule has 0 bridgehead atoms. The van der Waals surface area contributed by atoms with E-state index in [4.69, 9.17) is 9.11 Å². The molecule has 0 fully saturated rings. The van der Waals surface area contributed by atoms with E-state index in [9.17, 15) is 48.4 Å². The van der Waals surface area contributed by atoms with Crippen LogP contribution in [0, 0.1) is 20.2 Å². The number of aromatic carboxylic acids is 2. The third kappa shape index (κ3) is 9.84. The molecular weight excluding hydrogens is 562 g/mol. The quantitative estimate of drug-likeness (QED) is 0.186. The maximum absolute atomic E-state index is 11.0. The van der Waals surface area contributed by atoms with E-state index in [2.05, 4.69) is 22.4 Å². The van der Waals surface area contributed by atoms with E-state index in [-0.39, 0.29) is 68.9 Å². The molecule has 20 heteroatoms. The summed E-state index contributed by atoms with van der Waals surface area (Å²) >= 11 is 8.41. The van der Waals surface area contributed by atoms with Gasteiger partial charge in [0.1, 0.15) is 0 Å². The standard InChI is InChI=1S/2C7H5NO6S2.2Na/c2*9-7(10)5-3-4(16(13,14)15)1-2-6(5)8(11)12;;/h2*1-3H,(H,9,10)(H,13,14,15);;/q;;2*+1/p-2. The van der Waals surface area contributed by atoms with Crippen molar-refractivity contribution in [1.82, 2.24) is 0 Å². The summed E-state index contributed by atoms with van der Waals surface area (Å²) in [6.07, 6.45) is 0. The Bertz CT molecular complexity index is 1240. The van der Waals surface area contributed by atoms with Crippen molar-refractivity contribution in [3.63, 3.8) is 0 Å². The summed E-state index contributed by atoms with van der Waals surface area (Å²) in [4.78, 5) is 39.4. The largest absolute Gasteiger partial charge is 1.00 e. The smallest absolute Gasteiger partial charge is 0.545 e. The number of carbonyl (C=O) groups excluding carboxylic acids is 2. The number of carbonyl (C=O) groups is 2. The first-order valence-corrected chi connectivity index (χ1v) is 12.3. The average Bonchev–Trinajstić information content (AvgIpc) is 2.65. The van der Waals surface area contributed by atoms with Crippen molar-refractivity contribution in [3.8, 4) is 0 Å². The van der Waals surface area contributed by atoms with E-state index in [1.807, 2.05) is 0 Å². The van der Waals surface area contributed by atoms with Crippen LogP contribution in [0.25, 0.3) is 0 Å². The van der Waals surface area contributed by atoms with Crippen molar-refractivity contribution in [3.05, 3.63) is 67.8 Å². The molecule has 0 aliphatic carbocycles. The summed E-state index contributed by atoms with van der Waals surface area (Å²) in [7, 11) is -7.56. The molecule has 14 nitrogen and oxygen atoms in total. The van der Waals surface area contributed by atoms with Gasteiger partial charge >= 0.3 is 59.1 Å². The van der Waals surface area contributed by atoms with E-state index in [1.165, 1.54) is 0 Å². The van der Waals surface area contributed by atoms with Gasteiger partial charge in [-0.05, 0) is 24.3 Å². The molecule has 0 aliphatic heterocycles. The molecule has 0 spiro atoms. The predicted octanol–water partition coefficient (Wildman–Crippen LogP) is -6.92. The molecule has 0 radical (unpaired) electrons. The Balaban J connectivity index is 0. The Morgan fingerprint density at radius 2 is 1.00 bits per heavy atom. The molecule has 2 aromatic carbocycles. The molecule has 2 atom stereocenters. The van der Waals surface area contributed by atoms with Crippen molar-refractivity contribution in [2.24, 2.45) is 0 Å². The van der Waals surface area contributed by atoms with E-state index in [1.54, 1.807) is 0 Å². The average molecular weight is 570 g/mol. The van der Waals surface area contributed by atoms with Crippen LogP contribution in [0.3, 0.4) is 0 Å². The Morgan fingerprint density at radius 1 is 0.735 bits per heavy atom. The van der Waals surface area contributed by atoms with Gasteiger partial charge in [-0.15, -0.1) is 0 Å². The minimum absolute atomic E-state index is 0. The molecule has 2 unspecified atom stereocenters. The van der Waals surface area contributed by atoms with Crippen molar-refractivity contribution >= 4 is 63.2 Å². The minimum Gasteiger partial charge on any atom is -0.545 e. The molecule has 0 amide bonds. The molecule has 172 valence electrons. The zero-order valence-electron chi connectivity index (χ0n) is 17.0. The number of benzene rings is 2. The van der Waals surface area contributed by atoms with Gasteiger partial charge < -0.3 is 28.9 Å². The topological polar surface area (TPSA) is 241 Å². The fraction of sp³-hybridized carbons (Fsp3) is 0. The summed E-state index contributed by atoms with van der Waals surface area (Å²) in [5.41, 5.74) is -3.01. The number of nitro groups is 2. The Kier molecular flexibility index (Phi) is 14.2. The maximum Gasteiger partial charge on any atom is 1.00 e. The molecule has 0 saturated heterocycles. The minimum atomic E-state index is -3.78. The SMILES string of the molecule is O=C([O-])c1cc(S(=O)(O)=S)ccc1[N+](=O)[O-].O=C([O-])c1cc(S(=O)(O)=S)ccc1[N+](=O)[O-].[Na+].[Na+]. The monoisotopic (exact) mass is 570 g/mol. The van der Waals surface area contributed by atoms with Crippen molar-refractivity contribution in [2.45, 2.75) is 9.79 Å². The third-order valence-corrected chi connectivity index (χ3v) is 6.22. The van der Waals surface area contributed by atoms with E-state index in [0.29, 0.717) is 12.1 Å². The van der Waals surface area contributed by atoms with Crippen LogP contribution >= 0.6 is 0 Å². The first kappa shape index (κ1) is 35.0. The zero-order chi connectivity index (χ0) is 25.0. The van der Waals surface area contributed by atoms with Crippen LogP contribution in [0.15, 0.2) is 46.2 Å². The molecular formula is C14H8N2Na2O12S4. The number of nitro benzene ring substituents is 2. The van der Waals surface area contributed by atoms with Crippen molar-refractivity contribution in [1.29, 1.82) is 0 Å². The Morgan fingerprint density at radius 3 is 1.18 bits per heavy atom. The fourth-order valence-electron chi connectivity index (χ4n) is 2.00. The second-order valence-electron chi connectivity index (χ2n) is 5.40. The van der Waals surface area contributed by atoms with Crippen molar-refractivity contribution in [2.75, 3.05) is 0 Å². The van der Waals surface area contributed by atoms with E-state index >= 15 is 0 Å². The second kappa shape index (κ2) is 13.8. The van der Waals surface area contributed by atoms with Gasteiger partial charge in [0.05, 0.1) is 42.7 Å². The number of hydrogen-bond donors (Lipinski definition) is 2. The summed E-state index contributed by atoms with van der Waals surface area (Å²) < 4.78 is 40.0. The Labute approximate surface area is 244 Å². The van der Waals surface area contributed by atoms with Gasteiger partial charge in [0.25, 0.3) is 11.4 Å². The molecule has 0 aliphatic rings. The molecule has 2 N–H and O–H groups in total. The van der Waals surface area contributed by atoms with Gasteiger partial charge in [0, 0.05) is 34.5 Å². The van der Waals surface area contributed by atoms with Crippen LogP contribution < -0.4 is 69.3 Å². The summed E-state index contributed by atoms with van der Waals surface area (Å²) in [6.45, 7) is 0. The van der Waals surface area contributed by atoms with Crippen LogP contribution in [-0.2, 0) is 39.9 Å². The van der Waals surface area contributed by atoms with Crippen LogP contribution in [0.1, 0.15) is 20.7 Å². The summed E-state index contributed by atoms with van der Waals surface area (Å²) in [6, 6.07) is 4.79. The molecule has 0 saturated carbocycles. The number of carboxylic acids is 2. The molecule has 0 heterocycles. The van der Waals surface area contributed by atoms with Crippen LogP contribution in [0.4, 0.5) is 11.4 Å². The van der Waals surface area contributed by atoms with E-state index in [0.717, 1.165) is 24.3 Å². The maximum atomic E-state index is 11.0. The second-order valence-corrected chi connectivity index (χ2v) is 11.0. The summed E-state index contributed by atoms with van der Waals surface area (Å²) in [5.74, 6) is -3.63. The van der Waals surface area contributed by atoms with Gasteiger partial charge in [-0.25, -0.2) is 8.42 Å². The number of rotatable bonds is 6. The number of nitrogens with zero attached hydrogens (tertiary/aromatic N) is 2. The molecule has 2 aromatic rings. The van der Waals surface area contributed by atoms with Gasteiger partial charge in [0.2, 0.25) is 0 Å². The van der Waals surface area contributed by atoms with Gasteiger partial charge in [0.15, 0.2) is 17.5 Å². The zero-order valence-corrected chi connectivity index (χ0v) is 24.2. The van der Waals surface area contributed by atoms with Gasteiger partial charge in [-0.2, -0.15) is 0 Å². The van der Waals surface area contributed by atoms with Gasteiger partial charge in [-0.1, -0.05) is 0 Å². The molecule has 0 aromatic heterocycles.